The average Bonchev–Trinajstić information content (AvgIpc) is 2.49. The van der Waals surface area contributed by atoms with Crippen LogP contribution in [0.5, 0.6) is 5.75 Å². The number of aromatic hydroxyl groups is 1. The maximum Gasteiger partial charge on any atom is 0.266 e. The molecule has 4 nitrogen and oxygen atoms in total. The van der Waals surface area contributed by atoms with E-state index in [2.05, 4.69) is 4.98 Å². The Bertz CT molecular complexity index is 823. The number of fused-ring (bicyclic) bond motifs is 1. The SMILES string of the molecule is CCc1nc2c(O)cccc2c(=O)n1-c1ccccc1. The number of aromatic nitrogens is 2. The number of phenols is 1. The van der Waals surface area contributed by atoms with Crippen molar-refractivity contribution in [1.82, 2.24) is 9.55 Å². The molecule has 0 unspecified atom stereocenters. The molecule has 0 aliphatic rings. The van der Waals surface area contributed by atoms with Gasteiger partial charge in [-0.05, 0) is 24.3 Å². The normalized spacial score (nSPS) is 10.8. The van der Waals surface area contributed by atoms with Crippen LogP contribution in [-0.2, 0) is 6.42 Å². The van der Waals surface area contributed by atoms with E-state index in [4.69, 9.17) is 0 Å². The summed E-state index contributed by atoms with van der Waals surface area (Å²) >= 11 is 0. The predicted molar refractivity (Wildman–Crippen MR) is 78.4 cm³/mol. The van der Waals surface area contributed by atoms with E-state index in [1.165, 1.54) is 0 Å². The predicted octanol–water partition coefficient (Wildman–Crippen LogP) is 2.65. The Balaban J connectivity index is 2.44. The molecule has 2 aromatic carbocycles. The maximum absolute atomic E-state index is 12.7. The minimum absolute atomic E-state index is 0.0366. The van der Waals surface area contributed by atoms with Gasteiger partial charge in [0.2, 0.25) is 0 Å². The van der Waals surface area contributed by atoms with Gasteiger partial charge in [-0.1, -0.05) is 31.2 Å². The molecule has 3 rings (SSSR count). The lowest BCUT2D eigenvalue weighted by Crippen LogP contribution is -2.23. The van der Waals surface area contributed by atoms with Crippen LogP contribution < -0.4 is 5.56 Å². The molecule has 0 atom stereocenters. The molecule has 0 amide bonds. The molecular weight excluding hydrogens is 252 g/mol. The molecule has 4 heteroatoms. The summed E-state index contributed by atoms with van der Waals surface area (Å²) in [7, 11) is 0. The van der Waals surface area contributed by atoms with Gasteiger partial charge in [-0.25, -0.2) is 4.98 Å². The molecule has 0 spiro atoms. The van der Waals surface area contributed by atoms with Gasteiger partial charge in [0.05, 0.1) is 11.1 Å². The molecule has 20 heavy (non-hydrogen) atoms. The van der Waals surface area contributed by atoms with Gasteiger partial charge in [0, 0.05) is 6.42 Å². The first-order chi connectivity index (χ1) is 9.72. The molecule has 0 aliphatic heterocycles. The minimum atomic E-state index is -0.158. The number of benzene rings is 2. The Morgan fingerprint density at radius 2 is 1.85 bits per heavy atom. The molecule has 1 heterocycles. The molecule has 1 N–H and O–H groups in total. The van der Waals surface area contributed by atoms with Crippen molar-refractivity contribution >= 4 is 10.9 Å². The van der Waals surface area contributed by atoms with Crippen LogP contribution in [-0.4, -0.2) is 14.7 Å². The topological polar surface area (TPSA) is 55.1 Å². The Morgan fingerprint density at radius 1 is 1.10 bits per heavy atom. The summed E-state index contributed by atoms with van der Waals surface area (Å²) in [5, 5.41) is 10.3. The fourth-order valence-electron chi connectivity index (χ4n) is 2.32. The summed E-state index contributed by atoms with van der Waals surface area (Å²) in [5.41, 5.74) is 0.988. The van der Waals surface area contributed by atoms with Crippen molar-refractivity contribution in [2.24, 2.45) is 0 Å². The van der Waals surface area contributed by atoms with Crippen LogP contribution in [0.15, 0.2) is 53.3 Å². The van der Waals surface area contributed by atoms with E-state index < -0.39 is 0 Å². The first-order valence-corrected chi connectivity index (χ1v) is 6.51. The van der Waals surface area contributed by atoms with Crippen molar-refractivity contribution in [2.45, 2.75) is 13.3 Å². The fraction of sp³-hybridized carbons (Fsp3) is 0.125. The molecule has 0 aliphatic carbocycles. The van der Waals surface area contributed by atoms with Gasteiger partial charge in [0.15, 0.2) is 0 Å². The Hall–Kier alpha value is -2.62. The van der Waals surface area contributed by atoms with Gasteiger partial charge < -0.3 is 5.11 Å². The fourth-order valence-corrected chi connectivity index (χ4v) is 2.32. The van der Waals surface area contributed by atoms with E-state index in [0.717, 1.165) is 5.69 Å². The average molecular weight is 266 g/mol. The summed E-state index contributed by atoms with van der Waals surface area (Å²) in [6, 6.07) is 14.3. The smallest absolute Gasteiger partial charge is 0.266 e. The zero-order valence-corrected chi connectivity index (χ0v) is 11.1. The van der Waals surface area contributed by atoms with Crippen LogP contribution in [0.4, 0.5) is 0 Å². The van der Waals surface area contributed by atoms with Crippen molar-refractivity contribution in [3.63, 3.8) is 0 Å². The summed E-state index contributed by atoms with van der Waals surface area (Å²) in [6.45, 7) is 1.94. The largest absolute Gasteiger partial charge is 0.506 e. The second kappa shape index (κ2) is 4.81. The van der Waals surface area contributed by atoms with E-state index in [-0.39, 0.29) is 11.3 Å². The highest BCUT2D eigenvalue weighted by Gasteiger charge is 2.13. The molecule has 0 radical (unpaired) electrons. The molecule has 0 saturated carbocycles. The van der Waals surface area contributed by atoms with Crippen molar-refractivity contribution in [3.05, 3.63) is 64.7 Å². The van der Waals surface area contributed by atoms with Gasteiger partial charge in [-0.2, -0.15) is 0 Å². The van der Waals surface area contributed by atoms with Crippen LogP contribution in [0, 0.1) is 0 Å². The Kier molecular flexibility index (Phi) is 2.99. The van der Waals surface area contributed by atoms with E-state index >= 15 is 0 Å². The van der Waals surface area contributed by atoms with Gasteiger partial charge >= 0.3 is 0 Å². The van der Waals surface area contributed by atoms with Gasteiger partial charge in [-0.3, -0.25) is 9.36 Å². The lowest BCUT2D eigenvalue weighted by Gasteiger charge is -2.12. The highest BCUT2D eigenvalue weighted by molar-refractivity contribution is 5.83. The van der Waals surface area contributed by atoms with Crippen molar-refractivity contribution < 1.29 is 5.11 Å². The van der Waals surface area contributed by atoms with E-state index in [1.54, 1.807) is 22.8 Å². The maximum atomic E-state index is 12.7. The van der Waals surface area contributed by atoms with Crippen LogP contribution in [0.1, 0.15) is 12.7 Å². The highest BCUT2D eigenvalue weighted by Crippen LogP contribution is 2.21. The van der Waals surface area contributed by atoms with E-state index in [0.29, 0.717) is 23.1 Å². The van der Waals surface area contributed by atoms with Crippen molar-refractivity contribution in [3.8, 4) is 11.4 Å². The van der Waals surface area contributed by atoms with Crippen molar-refractivity contribution in [1.29, 1.82) is 0 Å². The number of aryl methyl sites for hydroxylation is 1. The zero-order chi connectivity index (χ0) is 14.1. The first-order valence-electron chi connectivity index (χ1n) is 6.51. The number of hydrogen-bond donors (Lipinski definition) is 1. The van der Waals surface area contributed by atoms with E-state index in [9.17, 15) is 9.90 Å². The Morgan fingerprint density at radius 3 is 2.55 bits per heavy atom. The zero-order valence-electron chi connectivity index (χ0n) is 11.1. The third kappa shape index (κ3) is 1.86. The first kappa shape index (κ1) is 12.4. The number of rotatable bonds is 2. The van der Waals surface area contributed by atoms with Crippen LogP contribution >= 0.6 is 0 Å². The van der Waals surface area contributed by atoms with Gasteiger partial charge in [0.1, 0.15) is 17.1 Å². The van der Waals surface area contributed by atoms with Gasteiger partial charge in [-0.15, -0.1) is 0 Å². The lowest BCUT2D eigenvalue weighted by molar-refractivity contribution is 0.480. The standard InChI is InChI=1S/C16H14N2O2/c1-2-14-17-15-12(9-6-10-13(15)19)16(20)18(14)11-7-4-3-5-8-11/h3-10,19H,2H2,1H3. The summed E-state index contributed by atoms with van der Waals surface area (Å²) in [4.78, 5) is 17.1. The van der Waals surface area contributed by atoms with Gasteiger partial charge in [0.25, 0.3) is 5.56 Å². The summed E-state index contributed by atoms with van der Waals surface area (Å²) in [6.07, 6.45) is 0.606. The van der Waals surface area contributed by atoms with Crippen LogP contribution in [0.2, 0.25) is 0 Å². The number of phenolic OH excluding ortho intramolecular Hbond substituents is 1. The second-order valence-electron chi connectivity index (χ2n) is 4.53. The third-order valence-electron chi connectivity index (χ3n) is 3.28. The summed E-state index contributed by atoms with van der Waals surface area (Å²) in [5.74, 6) is 0.671. The Labute approximate surface area is 116 Å². The van der Waals surface area contributed by atoms with Crippen LogP contribution in [0.3, 0.4) is 0 Å². The quantitative estimate of drug-likeness (QED) is 0.775. The molecule has 1 aromatic heterocycles. The molecule has 0 saturated heterocycles. The second-order valence-corrected chi connectivity index (χ2v) is 4.53. The number of nitrogens with zero attached hydrogens (tertiary/aromatic N) is 2. The molecule has 3 aromatic rings. The summed E-state index contributed by atoms with van der Waals surface area (Å²) < 4.78 is 1.60. The number of para-hydroxylation sites is 2. The lowest BCUT2D eigenvalue weighted by atomic mass is 10.2. The van der Waals surface area contributed by atoms with Crippen molar-refractivity contribution in [2.75, 3.05) is 0 Å². The molecular formula is C16H14N2O2. The monoisotopic (exact) mass is 266 g/mol. The van der Waals surface area contributed by atoms with E-state index in [1.807, 2.05) is 37.3 Å². The highest BCUT2D eigenvalue weighted by atomic mass is 16.3. The molecule has 0 bridgehead atoms. The minimum Gasteiger partial charge on any atom is -0.506 e. The third-order valence-corrected chi connectivity index (χ3v) is 3.28. The molecule has 0 fully saturated rings. The number of hydrogen-bond acceptors (Lipinski definition) is 3. The molecule has 100 valence electrons. The van der Waals surface area contributed by atoms with Crippen LogP contribution in [0.25, 0.3) is 16.6 Å².